The monoisotopic (exact) mass is 200 g/mol. The minimum atomic E-state index is 0.253. The van der Waals surface area contributed by atoms with Crippen LogP contribution in [0.15, 0.2) is 0 Å². The predicted octanol–water partition coefficient (Wildman–Crippen LogP) is 1.23. The van der Waals surface area contributed by atoms with Crippen LogP contribution in [0.4, 0.5) is 0 Å². The van der Waals surface area contributed by atoms with Crippen LogP contribution in [-0.4, -0.2) is 23.2 Å². The third-order valence-corrected chi connectivity index (χ3v) is 2.93. The number of aliphatic hydroxyl groups is 1. The number of rotatable bonds is 5. The van der Waals surface area contributed by atoms with E-state index in [9.17, 15) is 0 Å². The molecule has 0 aliphatic carbocycles. The summed E-state index contributed by atoms with van der Waals surface area (Å²) in [5, 5.41) is 12.9. The van der Waals surface area contributed by atoms with E-state index in [0.717, 1.165) is 30.2 Å². The van der Waals surface area contributed by atoms with Crippen molar-refractivity contribution in [2.24, 2.45) is 0 Å². The molecule has 0 aliphatic rings. The molecule has 0 bridgehead atoms. The van der Waals surface area contributed by atoms with Crippen molar-refractivity contribution in [1.29, 1.82) is 0 Å². The lowest BCUT2D eigenvalue weighted by Gasteiger charge is -1.98. The number of hydrogen-bond donors (Lipinski definition) is 2. The van der Waals surface area contributed by atoms with Crippen molar-refractivity contribution < 1.29 is 5.11 Å². The summed E-state index contributed by atoms with van der Waals surface area (Å²) < 4.78 is 0. The van der Waals surface area contributed by atoms with Crippen LogP contribution in [0.25, 0.3) is 0 Å². The summed E-state index contributed by atoms with van der Waals surface area (Å²) in [5.74, 6) is 0. The molecule has 0 saturated carbocycles. The number of hydrogen-bond acceptors (Lipinski definition) is 4. The second-order valence-electron chi connectivity index (χ2n) is 3.00. The van der Waals surface area contributed by atoms with Gasteiger partial charge in [-0.25, -0.2) is 4.98 Å². The largest absolute Gasteiger partial charge is 0.396 e. The second-order valence-corrected chi connectivity index (χ2v) is 4.29. The fourth-order valence-electron chi connectivity index (χ4n) is 1.01. The fraction of sp³-hybridized carbons (Fsp3) is 0.667. The van der Waals surface area contributed by atoms with Gasteiger partial charge in [-0.3, -0.25) is 0 Å². The quantitative estimate of drug-likeness (QED) is 0.703. The van der Waals surface area contributed by atoms with E-state index in [1.54, 1.807) is 11.3 Å². The lowest BCUT2D eigenvalue weighted by molar-refractivity contribution is 0.286. The third kappa shape index (κ3) is 3.42. The maximum absolute atomic E-state index is 8.56. The maximum atomic E-state index is 8.56. The Morgan fingerprint density at radius 2 is 2.23 bits per heavy atom. The van der Waals surface area contributed by atoms with Crippen molar-refractivity contribution in [3.63, 3.8) is 0 Å². The topological polar surface area (TPSA) is 45.2 Å². The number of nitrogens with zero attached hydrogens (tertiary/aromatic N) is 1. The van der Waals surface area contributed by atoms with Gasteiger partial charge in [0.25, 0.3) is 0 Å². The molecule has 0 amide bonds. The predicted molar refractivity (Wildman–Crippen MR) is 55.0 cm³/mol. The van der Waals surface area contributed by atoms with Gasteiger partial charge in [-0.2, -0.15) is 0 Å². The van der Waals surface area contributed by atoms with Crippen LogP contribution in [0.2, 0.25) is 0 Å². The molecule has 1 aromatic rings. The normalized spacial score (nSPS) is 10.7. The molecule has 1 rings (SSSR count). The fourth-order valence-corrected chi connectivity index (χ4v) is 1.92. The summed E-state index contributed by atoms with van der Waals surface area (Å²) in [6.45, 7) is 6.05. The number of thiazole rings is 1. The smallest absolute Gasteiger partial charge is 0.107 e. The van der Waals surface area contributed by atoms with Gasteiger partial charge in [0.05, 0.1) is 5.69 Å². The van der Waals surface area contributed by atoms with E-state index >= 15 is 0 Å². The van der Waals surface area contributed by atoms with Crippen LogP contribution < -0.4 is 5.32 Å². The molecule has 1 heterocycles. The van der Waals surface area contributed by atoms with E-state index in [1.165, 1.54) is 4.88 Å². The number of nitrogens with one attached hydrogen (secondary N) is 1. The first-order valence-electron chi connectivity index (χ1n) is 4.48. The first-order valence-corrected chi connectivity index (χ1v) is 5.30. The lowest BCUT2D eigenvalue weighted by atomic mass is 10.4. The van der Waals surface area contributed by atoms with E-state index in [2.05, 4.69) is 17.2 Å². The Morgan fingerprint density at radius 3 is 2.77 bits per heavy atom. The van der Waals surface area contributed by atoms with E-state index in [0.29, 0.717) is 0 Å². The Hall–Kier alpha value is -0.450. The van der Waals surface area contributed by atoms with Crippen LogP contribution >= 0.6 is 11.3 Å². The highest BCUT2D eigenvalue weighted by Crippen LogP contribution is 2.15. The van der Waals surface area contributed by atoms with Crippen molar-refractivity contribution in [3.05, 3.63) is 15.6 Å². The van der Waals surface area contributed by atoms with Crippen LogP contribution in [-0.2, 0) is 6.54 Å². The summed E-state index contributed by atoms with van der Waals surface area (Å²) in [6, 6.07) is 0. The van der Waals surface area contributed by atoms with Crippen molar-refractivity contribution in [1.82, 2.24) is 10.3 Å². The molecule has 0 spiro atoms. The molecule has 0 saturated heterocycles. The van der Waals surface area contributed by atoms with Crippen molar-refractivity contribution in [2.75, 3.05) is 13.2 Å². The second kappa shape index (κ2) is 5.32. The molecule has 74 valence electrons. The summed E-state index contributed by atoms with van der Waals surface area (Å²) in [6.07, 6.45) is 0.809. The van der Waals surface area contributed by atoms with Crippen LogP contribution in [0.1, 0.15) is 22.0 Å². The molecule has 0 atom stereocenters. The summed E-state index contributed by atoms with van der Waals surface area (Å²) >= 11 is 1.74. The molecule has 4 heteroatoms. The van der Waals surface area contributed by atoms with Crippen LogP contribution in [0.5, 0.6) is 0 Å². The Morgan fingerprint density at radius 1 is 1.46 bits per heavy atom. The Kier molecular flexibility index (Phi) is 4.35. The molecule has 3 nitrogen and oxygen atoms in total. The first-order chi connectivity index (χ1) is 6.24. The Bertz CT molecular complexity index is 241. The van der Waals surface area contributed by atoms with Crippen molar-refractivity contribution in [2.45, 2.75) is 26.8 Å². The van der Waals surface area contributed by atoms with E-state index in [4.69, 9.17) is 5.11 Å². The molecule has 0 unspecified atom stereocenters. The third-order valence-electron chi connectivity index (χ3n) is 1.86. The van der Waals surface area contributed by atoms with Gasteiger partial charge < -0.3 is 10.4 Å². The number of aryl methyl sites for hydroxylation is 2. The zero-order valence-electron chi connectivity index (χ0n) is 8.13. The summed E-state index contributed by atoms with van der Waals surface area (Å²) in [7, 11) is 0. The molecule has 2 N–H and O–H groups in total. The van der Waals surface area contributed by atoms with Crippen molar-refractivity contribution in [3.8, 4) is 0 Å². The standard InChI is InChI=1S/C9H16N2OS/c1-7-8(2)13-9(11-7)6-10-4-3-5-12/h10,12H,3-6H2,1-2H3. The number of aliphatic hydroxyl groups excluding tert-OH is 1. The van der Waals surface area contributed by atoms with Crippen LogP contribution in [0, 0.1) is 13.8 Å². The van der Waals surface area contributed by atoms with E-state index in [-0.39, 0.29) is 6.61 Å². The molecular formula is C9H16N2OS. The molecule has 1 aromatic heterocycles. The van der Waals surface area contributed by atoms with Gasteiger partial charge in [0.15, 0.2) is 0 Å². The molecule has 0 fully saturated rings. The SMILES string of the molecule is Cc1nc(CNCCCO)sc1C. The highest BCUT2D eigenvalue weighted by Gasteiger charge is 2.01. The molecule has 0 radical (unpaired) electrons. The molecule has 0 aromatic carbocycles. The van der Waals surface area contributed by atoms with Gasteiger partial charge in [0.2, 0.25) is 0 Å². The van der Waals surface area contributed by atoms with Gasteiger partial charge in [0.1, 0.15) is 5.01 Å². The lowest BCUT2D eigenvalue weighted by Crippen LogP contribution is -2.15. The minimum absolute atomic E-state index is 0.253. The van der Waals surface area contributed by atoms with E-state index < -0.39 is 0 Å². The molecule has 0 aliphatic heterocycles. The van der Waals surface area contributed by atoms with Crippen molar-refractivity contribution >= 4 is 11.3 Å². The highest BCUT2D eigenvalue weighted by atomic mass is 32.1. The first kappa shape index (κ1) is 10.6. The van der Waals surface area contributed by atoms with Gasteiger partial charge in [0, 0.05) is 18.0 Å². The molecular weight excluding hydrogens is 184 g/mol. The zero-order valence-corrected chi connectivity index (χ0v) is 8.95. The maximum Gasteiger partial charge on any atom is 0.107 e. The average Bonchev–Trinajstić information content (AvgIpc) is 2.41. The van der Waals surface area contributed by atoms with Gasteiger partial charge >= 0.3 is 0 Å². The van der Waals surface area contributed by atoms with Gasteiger partial charge in [-0.15, -0.1) is 11.3 Å². The zero-order chi connectivity index (χ0) is 9.68. The Labute approximate surface area is 82.8 Å². The average molecular weight is 200 g/mol. The van der Waals surface area contributed by atoms with E-state index in [1.807, 2.05) is 6.92 Å². The molecule has 13 heavy (non-hydrogen) atoms. The Balaban J connectivity index is 2.29. The summed E-state index contributed by atoms with van der Waals surface area (Å²) in [4.78, 5) is 5.69. The van der Waals surface area contributed by atoms with Crippen LogP contribution in [0.3, 0.4) is 0 Å². The summed E-state index contributed by atoms with van der Waals surface area (Å²) in [5.41, 5.74) is 1.13. The van der Waals surface area contributed by atoms with Gasteiger partial charge in [-0.05, 0) is 26.8 Å². The highest BCUT2D eigenvalue weighted by molar-refractivity contribution is 7.11. The van der Waals surface area contributed by atoms with Gasteiger partial charge in [-0.1, -0.05) is 0 Å². The number of aromatic nitrogens is 1. The minimum Gasteiger partial charge on any atom is -0.396 e.